The molecule has 2 aliphatic heterocycles. The minimum atomic E-state index is -0.674. The van der Waals surface area contributed by atoms with Gasteiger partial charge in [-0.1, -0.05) is 43.1 Å². The first-order chi connectivity index (χ1) is 14.2. The molecule has 1 aromatic carbocycles. The van der Waals surface area contributed by atoms with Gasteiger partial charge in [0.2, 0.25) is 0 Å². The van der Waals surface area contributed by atoms with Crippen molar-refractivity contribution in [2.45, 2.75) is 32.6 Å². The van der Waals surface area contributed by atoms with E-state index in [-0.39, 0.29) is 11.2 Å². The van der Waals surface area contributed by atoms with E-state index in [9.17, 15) is 10.1 Å². The molecule has 4 rings (SSSR count). The SMILES string of the molecule is CC1(C)CC(=O)C2=C(C1)N(N1CCOCC1)C(N)=C(C#N)C2c1c(Cl)cccc1Cl. The number of ether oxygens (including phenoxy) is 1. The van der Waals surface area contributed by atoms with Gasteiger partial charge in [-0.2, -0.15) is 5.26 Å². The highest BCUT2D eigenvalue weighted by Crippen LogP contribution is 2.51. The standard InChI is InChI=1S/C22H24Cl2N4O2/c1-22(2)10-16-20(17(29)11-22)18(19-14(23)4-3-5-15(19)24)13(12-25)21(26)28(16)27-6-8-30-9-7-27/h3-5,18H,6-11,26H2,1-2H3. The van der Waals surface area contributed by atoms with Crippen molar-refractivity contribution in [1.29, 1.82) is 5.26 Å². The molecule has 0 amide bonds. The predicted octanol–water partition coefficient (Wildman–Crippen LogP) is 3.98. The van der Waals surface area contributed by atoms with Crippen LogP contribution in [0.4, 0.5) is 0 Å². The first-order valence-electron chi connectivity index (χ1n) is 9.98. The monoisotopic (exact) mass is 446 g/mol. The molecule has 6 nitrogen and oxygen atoms in total. The van der Waals surface area contributed by atoms with Crippen LogP contribution in [0.15, 0.2) is 40.9 Å². The van der Waals surface area contributed by atoms with Crippen LogP contribution in [0.2, 0.25) is 10.0 Å². The maximum Gasteiger partial charge on any atom is 0.162 e. The Hall–Kier alpha value is -2.04. The highest BCUT2D eigenvalue weighted by Gasteiger charge is 2.46. The van der Waals surface area contributed by atoms with Crippen molar-refractivity contribution < 1.29 is 9.53 Å². The number of carbonyl (C=O) groups is 1. The van der Waals surface area contributed by atoms with Crippen LogP contribution in [-0.4, -0.2) is 42.1 Å². The van der Waals surface area contributed by atoms with Gasteiger partial charge in [-0.15, -0.1) is 0 Å². The summed E-state index contributed by atoms with van der Waals surface area (Å²) >= 11 is 13.0. The molecule has 158 valence electrons. The molecule has 2 heterocycles. The number of hydrogen-bond donors (Lipinski definition) is 1. The van der Waals surface area contributed by atoms with Gasteiger partial charge in [0.05, 0.1) is 30.8 Å². The lowest BCUT2D eigenvalue weighted by Gasteiger charge is -2.48. The molecule has 0 spiro atoms. The second-order valence-electron chi connectivity index (χ2n) is 8.66. The molecule has 2 N–H and O–H groups in total. The second kappa shape index (κ2) is 7.90. The number of carbonyl (C=O) groups excluding carboxylic acids is 1. The number of nitrogens with zero attached hydrogens (tertiary/aromatic N) is 3. The van der Waals surface area contributed by atoms with Gasteiger partial charge in [-0.3, -0.25) is 9.80 Å². The molecule has 30 heavy (non-hydrogen) atoms. The molecule has 0 saturated carbocycles. The minimum absolute atomic E-state index is 0.000691. The van der Waals surface area contributed by atoms with Gasteiger partial charge in [0.15, 0.2) is 5.78 Å². The van der Waals surface area contributed by atoms with E-state index >= 15 is 0 Å². The summed E-state index contributed by atoms with van der Waals surface area (Å²) < 4.78 is 5.49. The molecule has 0 aromatic heterocycles. The van der Waals surface area contributed by atoms with Crippen molar-refractivity contribution in [3.63, 3.8) is 0 Å². The van der Waals surface area contributed by atoms with Crippen molar-refractivity contribution in [2.75, 3.05) is 26.3 Å². The topological polar surface area (TPSA) is 82.6 Å². The van der Waals surface area contributed by atoms with Crippen LogP contribution in [0.1, 0.15) is 38.2 Å². The molecule has 8 heteroatoms. The Morgan fingerprint density at radius 1 is 1.20 bits per heavy atom. The summed E-state index contributed by atoms with van der Waals surface area (Å²) in [7, 11) is 0. The number of allylic oxidation sites excluding steroid dienone is 3. The molecule has 1 fully saturated rings. The summed E-state index contributed by atoms with van der Waals surface area (Å²) in [5.41, 5.74) is 8.63. The zero-order valence-electron chi connectivity index (χ0n) is 17.0. The minimum Gasteiger partial charge on any atom is -0.383 e. The number of benzene rings is 1. The van der Waals surface area contributed by atoms with Gasteiger partial charge in [-0.05, 0) is 24.0 Å². The Bertz CT molecular complexity index is 983. The maximum atomic E-state index is 13.5. The molecule has 1 saturated heterocycles. The van der Waals surface area contributed by atoms with E-state index in [1.165, 1.54) is 0 Å². The summed E-state index contributed by atoms with van der Waals surface area (Å²) in [4.78, 5) is 13.5. The number of hydrogen-bond acceptors (Lipinski definition) is 6. The molecule has 0 radical (unpaired) electrons. The average Bonchev–Trinajstić information content (AvgIpc) is 2.67. The summed E-state index contributed by atoms with van der Waals surface area (Å²) in [6.07, 6.45) is 1.05. The zero-order chi connectivity index (χ0) is 21.6. The number of rotatable bonds is 2. The highest BCUT2D eigenvalue weighted by atomic mass is 35.5. The fraction of sp³-hybridized carbons (Fsp3) is 0.455. The number of ketones is 1. The van der Waals surface area contributed by atoms with Crippen LogP contribution in [0.5, 0.6) is 0 Å². The highest BCUT2D eigenvalue weighted by molar-refractivity contribution is 6.36. The van der Waals surface area contributed by atoms with E-state index in [0.717, 1.165) is 5.70 Å². The molecule has 1 aromatic rings. The van der Waals surface area contributed by atoms with Crippen LogP contribution in [-0.2, 0) is 9.53 Å². The van der Waals surface area contributed by atoms with Crippen molar-refractivity contribution in [3.05, 3.63) is 56.5 Å². The third kappa shape index (κ3) is 3.50. The Morgan fingerprint density at radius 3 is 2.43 bits per heavy atom. The van der Waals surface area contributed by atoms with Crippen molar-refractivity contribution in [1.82, 2.24) is 10.0 Å². The van der Waals surface area contributed by atoms with E-state index < -0.39 is 5.92 Å². The van der Waals surface area contributed by atoms with Gasteiger partial charge in [-0.25, -0.2) is 5.01 Å². The van der Waals surface area contributed by atoms with E-state index in [2.05, 4.69) is 24.9 Å². The molecule has 3 aliphatic rings. The van der Waals surface area contributed by atoms with Crippen molar-refractivity contribution >= 4 is 29.0 Å². The Morgan fingerprint density at radius 2 is 1.83 bits per heavy atom. The first kappa shape index (κ1) is 21.2. The number of nitriles is 1. The third-order valence-corrected chi connectivity index (χ3v) is 6.57. The lowest BCUT2D eigenvalue weighted by Crippen LogP contribution is -2.53. The summed E-state index contributed by atoms with van der Waals surface area (Å²) in [5, 5.41) is 14.9. The number of Topliss-reactive ketones (excluding diaryl/α,β-unsaturated/α-hetero) is 1. The fourth-order valence-corrected chi connectivity index (χ4v) is 5.26. The van der Waals surface area contributed by atoms with E-state index in [4.69, 9.17) is 33.7 Å². The predicted molar refractivity (Wildman–Crippen MR) is 115 cm³/mol. The van der Waals surface area contributed by atoms with E-state index in [1.54, 1.807) is 18.2 Å². The zero-order valence-corrected chi connectivity index (χ0v) is 18.6. The van der Waals surface area contributed by atoms with Gasteiger partial charge < -0.3 is 10.5 Å². The Kier molecular flexibility index (Phi) is 5.58. The van der Waals surface area contributed by atoms with Gasteiger partial charge in [0.1, 0.15) is 5.82 Å². The van der Waals surface area contributed by atoms with Crippen LogP contribution >= 0.6 is 23.2 Å². The van der Waals surface area contributed by atoms with E-state index in [0.29, 0.717) is 71.7 Å². The Labute approximate surface area is 186 Å². The summed E-state index contributed by atoms with van der Waals surface area (Å²) in [6, 6.07) is 7.44. The third-order valence-electron chi connectivity index (χ3n) is 5.91. The fourth-order valence-electron chi connectivity index (χ4n) is 4.64. The quantitative estimate of drug-likeness (QED) is 0.739. The summed E-state index contributed by atoms with van der Waals surface area (Å²) in [6.45, 7) is 6.52. The van der Waals surface area contributed by atoms with Gasteiger partial charge >= 0.3 is 0 Å². The van der Waals surface area contributed by atoms with E-state index in [1.807, 2.05) is 5.01 Å². The van der Waals surface area contributed by atoms with Crippen molar-refractivity contribution in [3.8, 4) is 6.07 Å². The van der Waals surface area contributed by atoms with Crippen LogP contribution in [0.25, 0.3) is 0 Å². The molecule has 1 unspecified atom stereocenters. The molecule has 0 bridgehead atoms. The number of morpholine rings is 1. The summed E-state index contributed by atoms with van der Waals surface area (Å²) in [5.74, 6) is -0.350. The molecule has 1 aliphatic carbocycles. The van der Waals surface area contributed by atoms with Gasteiger partial charge in [0.25, 0.3) is 0 Å². The number of nitrogens with two attached hydrogens (primary N) is 1. The second-order valence-corrected chi connectivity index (χ2v) is 9.47. The normalized spacial score (nSPS) is 24.7. The molecular formula is C22H24Cl2N4O2. The van der Waals surface area contributed by atoms with Crippen molar-refractivity contribution in [2.24, 2.45) is 11.1 Å². The molecule has 1 atom stereocenters. The number of halogens is 2. The average molecular weight is 447 g/mol. The van der Waals surface area contributed by atoms with Crippen LogP contribution in [0, 0.1) is 16.7 Å². The van der Waals surface area contributed by atoms with Crippen LogP contribution < -0.4 is 5.73 Å². The lowest BCUT2D eigenvalue weighted by molar-refractivity contribution is -0.119. The Balaban J connectivity index is 1.97. The number of hydrazine groups is 1. The lowest BCUT2D eigenvalue weighted by atomic mass is 9.69. The molecular weight excluding hydrogens is 423 g/mol. The van der Waals surface area contributed by atoms with Gasteiger partial charge in [0, 0.05) is 46.4 Å². The smallest absolute Gasteiger partial charge is 0.162 e. The first-order valence-corrected chi connectivity index (χ1v) is 10.7. The van der Waals surface area contributed by atoms with Crippen LogP contribution in [0.3, 0.4) is 0 Å². The largest absolute Gasteiger partial charge is 0.383 e. The maximum absolute atomic E-state index is 13.5.